The summed E-state index contributed by atoms with van der Waals surface area (Å²) in [6, 6.07) is 3.16. The SMILES string of the molecule is CCNC(=O)CCNc1cc(C(=O)OC)ccn1. The summed E-state index contributed by atoms with van der Waals surface area (Å²) in [6.07, 6.45) is 1.87. The molecule has 1 aromatic rings. The van der Waals surface area contributed by atoms with E-state index in [9.17, 15) is 9.59 Å². The molecule has 1 rings (SSSR count). The van der Waals surface area contributed by atoms with Crippen molar-refractivity contribution in [3.05, 3.63) is 23.9 Å². The zero-order valence-electron chi connectivity index (χ0n) is 10.5. The molecule has 0 fully saturated rings. The van der Waals surface area contributed by atoms with Gasteiger partial charge in [0, 0.05) is 25.7 Å². The Balaban J connectivity index is 2.47. The molecule has 0 aliphatic heterocycles. The average molecular weight is 251 g/mol. The number of rotatable bonds is 6. The molecule has 0 spiro atoms. The number of anilines is 1. The van der Waals surface area contributed by atoms with E-state index in [0.717, 1.165) is 0 Å². The van der Waals surface area contributed by atoms with Gasteiger partial charge in [-0.25, -0.2) is 9.78 Å². The molecule has 1 amide bonds. The van der Waals surface area contributed by atoms with E-state index in [0.29, 0.717) is 30.9 Å². The van der Waals surface area contributed by atoms with Crippen LogP contribution in [0.4, 0.5) is 5.82 Å². The van der Waals surface area contributed by atoms with Crippen LogP contribution in [0.5, 0.6) is 0 Å². The van der Waals surface area contributed by atoms with Crippen molar-refractivity contribution in [1.29, 1.82) is 0 Å². The number of esters is 1. The Hall–Kier alpha value is -2.11. The summed E-state index contributed by atoms with van der Waals surface area (Å²) < 4.78 is 4.61. The topological polar surface area (TPSA) is 80.3 Å². The molecule has 0 aliphatic rings. The number of pyridine rings is 1. The Kier molecular flexibility index (Phi) is 5.63. The standard InChI is InChI=1S/C12H17N3O3/c1-3-13-11(16)5-7-15-10-8-9(4-6-14-10)12(17)18-2/h4,6,8H,3,5,7H2,1-2H3,(H,13,16)(H,14,15). The summed E-state index contributed by atoms with van der Waals surface area (Å²) in [5, 5.41) is 5.67. The molecule has 0 aliphatic carbocycles. The maximum absolute atomic E-state index is 11.3. The van der Waals surface area contributed by atoms with Gasteiger partial charge in [0.2, 0.25) is 5.91 Å². The van der Waals surface area contributed by atoms with Crippen LogP contribution < -0.4 is 10.6 Å². The highest BCUT2D eigenvalue weighted by molar-refractivity contribution is 5.90. The molecule has 1 heterocycles. The van der Waals surface area contributed by atoms with Gasteiger partial charge in [0.25, 0.3) is 0 Å². The number of hydrogen-bond acceptors (Lipinski definition) is 5. The minimum absolute atomic E-state index is 0.0193. The molecular formula is C12H17N3O3. The maximum Gasteiger partial charge on any atom is 0.338 e. The minimum atomic E-state index is -0.413. The zero-order valence-corrected chi connectivity index (χ0v) is 10.5. The van der Waals surface area contributed by atoms with Crippen molar-refractivity contribution >= 4 is 17.7 Å². The van der Waals surface area contributed by atoms with Gasteiger partial charge in [-0.15, -0.1) is 0 Å². The molecule has 0 atom stereocenters. The Morgan fingerprint density at radius 3 is 2.89 bits per heavy atom. The van der Waals surface area contributed by atoms with Gasteiger partial charge >= 0.3 is 5.97 Å². The van der Waals surface area contributed by atoms with Crippen LogP contribution in [0.15, 0.2) is 18.3 Å². The highest BCUT2D eigenvalue weighted by atomic mass is 16.5. The minimum Gasteiger partial charge on any atom is -0.465 e. The molecule has 0 bridgehead atoms. The van der Waals surface area contributed by atoms with Crippen LogP contribution in [0.1, 0.15) is 23.7 Å². The van der Waals surface area contributed by atoms with Gasteiger partial charge in [-0.2, -0.15) is 0 Å². The summed E-state index contributed by atoms with van der Waals surface area (Å²) in [5.74, 6) is 0.112. The number of ether oxygens (including phenoxy) is 1. The van der Waals surface area contributed by atoms with Gasteiger partial charge < -0.3 is 15.4 Å². The van der Waals surface area contributed by atoms with E-state index in [1.54, 1.807) is 12.1 Å². The number of methoxy groups -OCH3 is 1. The second kappa shape index (κ2) is 7.26. The number of hydrogen-bond donors (Lipinski definition) is 2. The smallest absolute Gasteiger partial charge is 0.338 e. The Labute approximate surface area is 106 Å². The van der Waals surface area contributed by atoms with Crippen LogP contribution in [0, 0.1) is 0 Å². The molecular weight excluding hydrogens is 234 g/mol. The number of amides is 1. The highest BCUT2D eigenvalue weighted by Gasteiger charge is 2.06. The third-order valence-corrected chi connectivity index (χ3v) is 2.21. The van der Waals surface area contributed by atoms with Gasteiger partial charge in [0.1, 0.15) is 5.82 Å². The summed E-state index contributed by atoms with van der Waals surface area (Å²) in [4.78, 5) is 26.5. The first-order valence-electron chi connectivity index (χ1n) is 5.72. The molecule has 6 heteroatoms. The number of nitrogens with one attached hydrogen (secondary N) is 2. The summed E-state index contributed by atoms with van der Waals surface area (Å²) in [6.45, 7) is 2.95. The van der Waals surface area contributed by atoms with Crippen molar-refractivity contribution in [3.63, 3.8) is 0 Å². The van der Waals surface area contributed by atoms with Crippen LogP contribution in [-0.4, -0.2) is 37.1 Å². The van der Waals surface area contributed by atoms with Gasteiger partial charge in [-0.1, -0.05) is 0 Å². The van der Waals surface area contributed by atoms with E-state index < -0.39 is 5.97 Å². The van der Waals surface area contributed by atoms with E-state index in [2.05, 4.69) is 20.4 Å². The molecule has 0 radical (unpaired) electrons. The predicted octanol–water partition coefficient (Wildman–Crippen LogP) is 0.806. The van der Waals surface area contributed by atoms with Gasteiger partial charge in [0.05, 0.1) is 12.7 Å². The molecule has 6 nitrogen and oxygen atoms in total. The van der Waals surface area contributed by atoms with Crippen LogP contribution in [0.25, 0.3) is 0 Å². The predicted molar refractivity (Wildman–Crippen MR) is 67.4 cm³/mol. The lowest BCUT2D eigenvalue weighted by molar-refractivity contribution is -0.120. The molecule has 0 saturated heterocycles. The highest BCUT2D eigenvalue weighted by Crippen LogP contribution is 2.07. The number of carbonyl (C=O) groups is 2. The molecule has 1 aromatic heterocycles. The summed E-state index contributed by atoms with van der Waals surface area (Å²) in [5.41, 5.74) is 0.424. The second-order valence-electron chi connectivity index (χ2n) is 3.55. The number of nitrogens with zero attached hydrogens (tertiary/aromatic N) is 1. The average Bonchev–Trinajstić information content (AvgIpc) is 2.38. The quantitative estimate of drug-likeness (QED) is 0.731. The van der Waals surface area contributed by atoms with E-state index in [1.165, 1.54) is 13.3 Å². The fourth-order valence-electron chi connectivity index (χ4n) is 1.36. The fraction of sp³-hybridized carbons (Fsp3) is 0.417. The monoisotopic (exact) mass is 251 g/mol. The van der Waals surface area contributed by atoms with Crippen LogP contribution in [0.3, 0.4) is 0 Å². The van der Waals surface area contributed by atoms with Crippen LogP contribution >= 0.6 is 0 Å². The Bertz CT molecular complexity index is 421. The van der Waals surface area contributed by atoms with Crippen molar-refractivity contribution in [3.8, 4) is 0 Å². The van der Waals surface area contributed by atoms with Crippen molar-refractivity contribution in [2.45, 2.75) is 13.3 Å². The second-order valence-corrected chi connectivity index (χ2v) is 3.55. The largest absolute Gasteiger partial charge is 0.465 e. The lowest BCUT2D eigenvalue weighted by Gasteiger charge is -2.06. The number of carbonyl (C=O) groups excluding carboxylic acids is 2. The third kappa shape index (κ3) is 4.40. The maximum atomic E-state index is 11.3. The van der Waals surface area contributed by atoms with Gasteiger partial charge in [0.15, 0.2) is 0 Å². The van der Waals surface area contributed by atoms with Crippen molar-refractivity contribution < 1.29 is 14.3 Å². The molecule has 0 aromatic carbocycles. The molecule has 18 heavy (non-hydrogen) atoms. The fourth-order valence-corrected chi connectivity index (χ4v) is 1.36. The molecule has 0 unspecified atom stereocenters. The first kappa shape index (κ1) is 14.0. The van der Waals surface area contributed by atoms with E-state index >= 15 is 0 Å². The normalized spacial score (nSPS) is 9.67. The van der Waals surface area contributed by atoms with E-state index in [-0.39, 0.29) is 5.91 Å². The Morgan fingerprint density at radius 1 is 1.44 bits per heavy atom. The summed E-state index contributed by atoms with van der Waals surface area (Å²) in [7, 11) is 1.32. The lowest BCUT2D eigenvalue weighted by atomic mass is 10.2. The number of aromatic nitrogens is 1. The van der Waals surface area contributed by atoms with Crippen LogP contribution in [0.2, 0.25) is 0 Å². The Morgan fingerprint density at radius 2 is 2.22 bits per heavy atom. The van der Waals surface area contributed by atoms with Gasteiger partial charge in [-0.05, 0) is 19.1 Å². The molecule has 98 valence electrons. The lowest BCUT2D eigenvalue weighted by Crippen LogP contribution is -2.24. The first-order chi connectivity index (χ1) is 8.67. The zero-order chi connectivity index (χ0) is 13.4. The van der Waals surface area contributed by atoms with Crippen LogP contribution in [-0.2, 0) is 9.53 Å². The first-order valence-corrected chi connectivity index (χ1v) is 5.72. The molecule has 2 N–H and O–H groups in total. The van der Waals surface area contributed by atoms with Crippen molar-refractivity contribution in [1.82, 2.24) is 10.3 Å². The van der Waals surface area contributed by atoms with Crippen molar-refractivity contribution in [2.24, 2.45) is 0 Å². The third-order valence-electron chi connectivity index (χ3n) is 2.21. The van der Waals surface area contributed by atoms with E-state index in [4.69, 9.17) is 0 Å². The van der Waals surface area contributed by atoms with Crippen molar-refractivity contribution in [2.75, 3.05) is 25.5 Å². The van der Waals surface area contributed by atoms with Gasteiger partial charge in [-0.3, -0.25) is 4.79 Å². The molecule has 0 saturated carbocycles. The van der Waals surface area contributed by atoms with E-state index in [1.807, 2.05) is 6.92 Å². The summed E-state index contributed by atoms with van der Waals surface area (Å²) >= 11 is 0.